The van der Waals surface area contributed by atoms with Crippen molar-refractivity contribution in [2.45, 2.75) is 92.4 Å². The average molecular weight is 378 g/mol. The van der Waals surface area contributed by atoms with Gasteiger partial charge in [0, 0.05) is 13.2 Å². The third-order valence-corrected chi connectivity index (χ3v) is 3.18. The number of carbonyl (C=O) groups is 2. The van der Waals surface area contributed by atoms with Gasteiger partial charge in [-0.15, -0.1) is 0 Å². The molecule has 0 amide bonds. The third kappa shape index (κ3) is 13.0. The fourth-order valence-corrected chi connectivity index (χ4v) is 1.86. The molecule has 8 nitrogen and oxygen atoms in total. The van der Waals surface area contributed by atoms with Crippen LogP contribution in [-0.2, 0) is 38.0 Å². The Bertz CT molecular complexity index is 351. The lowest BCUT2D eigenvalue weighted by Gasteiger charge is -2.21. The molecule has 0 radical (unpaired) electrons. The topological polar surface area (TPSA) is 89.5 Å². The number of rotatable bonds is 14. The Morgan fingerprint density at radius 3 is 1.31 bits per heavy atom. The monoisotopic (exact) mass is 378 g/mol. The second-order valence-electron chi connectivity index (χ2n) is 5.80. The molecule has 0 heterocycles. The van der Waals surface area contributed by atoms with Crippen LogP contribution in [0.1, 0.15) is 67.2 Å². The molecule has 0 bridgehead atoms. The van der Waals surface area contributed by atoms with Crippen LogP contribution in [0.2, 0.25) is 0 Å². The fraction of sp³-hybridized carbons (Fsp3) is 0.889. The van der Waals surface area contributed by atoms with Gasteiger partial charge >= 0.3 is 11.9 Å². The Labute approximate surface area is 156 Å². The molecule has 0 spiro atoms. The molecule has 0 aromatic rings. The number of hydrogen-bond acceptors (Lipinski definition) is 8. The van der Waals surface area contributed by atoms with Crippen LogP contribution in [0.3, 0.4) is 0 Å². The largest absolute Gasteiger partial charge is 0.428 e. The zero-order valence-corrected chi connectivity index (χ0v) is 16.8. The standard InChI is InChI=1S/C18H34O8/c1-7-9-11-21-13(3)23-15(5)25-17(19)18(20)26-16(6)24-14(4)22-12-10-8-2/h13-16H,7-12H2,1-6H3. The maximum atomic E-state index is 11.7. The van der Waals surface area contributed by atoms with Crippen molar-refractivity contribution in [3.05, 3.63) is 0 Å². The van der Waals surface area contributed by atoms with Gasteiger partial charge in [0.25, 0.3) is 0 Å². The van der Waals surface area contributed by atoms with Gasteiger partial charge in [-0.05, 0) is 40.5 Å². The van der Waals surface area contributed by atoms with Gasteiger partial charge < -0.3 is 28.4 Å². The van der Waals surface area contributed by atoms with Crippen molar-refractivity contribution in [3.63, 3.8) is 0 Å². The highest BCUT2D eigenvalue weighted by Gasteiger charge is 2.24. The molecule has 0 aromatic carbocycles. The summed E-state index contributed by atoms with van der Waals surface area (Å²) < 4.78 is 31.1. The Morgan fingerprint density at radius 2 is 1.00 bits per heavy atom. The van der Waals surface area contributed by atoms with E-state index in [0.29, 0.717) is 13.2 Å². The predicted octanol–water partition coefficient (Wildman–Crippen LogP) is 3.12. The van der Waals surface area contributed by atoms with Crippen molar-refractivity contribution in [2.24, 2.45) is 0 Å². The molecule has 8 heteroatoms. The van der Waals surface area contributed by atoms with Gasteiger partial charge in [0.15, 0.2) is 12.6 Å². The van der Waals surface area contributed by atoms with Crippen molar-refractivity contribution in [3.8, 4) is 0 Å². The SMILES string of the molecule is CCCCOC(C)OC(C)OC(=O)C(=O)OC(C)OC(C)OCCCC. The van der Waals surface area contributed by atoms with Gasteiger partial charge in [-0.3, -0.25) is 0 Å². The molecule has 4 atom stereocenters. The fourth-order valence-electron chi connectivity index (χ4n) is 1.86. The summed E-state index contributed by atoms with van der Waals surface area (Å²) in [4.78, 5) is 23.4. The summed E-state index contributed by atoms with van der Waals surface area (Å²) in [7, 11) is 0. The highest BCUT2D eigenvalue weighted by atomic mass is 16.8. The van der Waals surface area contributed by atoms with E-state index < -0.39 is 37.1 Å². The highest BCUT2D eigenvalue weighted by molar-refractivity contribution is 6.29. The quantitative estimate of drug-likeness (QED) is 0.197. The van der Waals surface area contributed by atoms with E-state index in [1.165, 1.54) is 13.8 Å². The van der Waals surface area contributed by atoms with E-state index >= 15 is 0 Å². The molecular weight excluding hydrogens is 344 g/mol. The van der Waals surface area contributed by atoms with Crippen molar-refractivity contribution in [1.82, 2.24) is 0 Å². The minimum atomic E-state index is -1.16. The normalized spacial score (nSPS) is 15.8. The third-order valence-electron chi connectivity index (χ3n) is 3.18. The van der Waals surface area contributed by atoms with E-state index in [-0.39, 0.29) is 0 Å². The molecule has 0 saturated carbocycles. The maximum Gasteiger partial charge on any atom is 0.419 e. The first-order valence-corrected chi connectivity index (χ1v) is 9.25. The van der Waals surface area contributed by atoms with Crippen LogP contribution in [0.15, 0.2) is 0 Å². The van der Waals surface area contributed by atoms with Crippen molar-refractivity contribution >= 4 is 11.9 Å². The Hall–Kier alpha value is -1.22. The van der Waals surface area contributed by atoms with Gasteiger partial charge in [-0.1, -0.05) is 26.7 Å². The van der Waals surface area contributed by atoms with Crippen molar-refractivity contribution in [2.75, 3.05) is 13.2 Å². The number of ether oxygens (including phenoxy) is 6. The lowest BCUT2D eigenvalue weighted by Crippen LogP contribution is -2.32. The van der Waals surface area contributed by atoms with E-state index in [4.69, 9.17) is 28.4 Å². The summed E-state index contributed by atoms with van der Waals surface area (Å²) in [5, 5.41) is 0. The van der Waals surface area contributed by atoms with Crippen LogP contribution in [0, 0.1) is 0 Å². The number of esters is 2. The molecule has 154 valence electrons. The molecule has 0 saturated heterocycles. The summed E-state index contributed by atoms with van der Waals surface area (Å²) in [6, 6.07) is 0. The number of unbranched alkanes of at least 4 members (excludes halogenated alkanes) is 2. The molecule has 0 fully saturated rings. The summed E-state index contributed by atoms with van der Waals surface area (Å²) in [6.07, 6.45) is 0.835. The maximum absolute atomic E-state index is 11.7. The molecule has 0 aliphatic carbocycles. The molecule has 0 N–H and O–H groups in total. The second-order valence-corrected chi connectivity index (χ2v) is 5.80. The summed E-state index contributed by atoms with van der Waals surface area (Å²) >= 11 is 0. The molecule has 4 unspecified atom stereocenters. The van der Waals surface area contributed by atoms with Crippen LogP contribution in [0.25, 0.3) is 0 Å². The second kappa shape index (κ2) is 14.9. The smallest absolute Gasteiger partial charge is 0.419 e. The Kier molecular flexibility index (Phi) is 14.2. The van der Waals surface area contributed by atoms with E-state index in [9.17, 15) is 9.59 Å². The van der Waals surface area contributed by atoms with E-state index in [0.717, 1.165) is 25.7 Å². The first-order chi connectivity index (χ1) is 12.3. The van der Waals surface area contributed by atoms with Crippen LogP contribution in [-0.4, -0.2) is 50.3 Å². The predicted molar refractivity (Wildman–Crippen MR) is 93.9 cm³/mol. The van der Waals surface area contributed by atoms with Gasteiger partial charge in [0.05, 0.1) is 0 Å². The average Bonchev–Trinajstić information content (AvgIpc) is 2.54. The molecule has 0 aliphatic rings. The first kappa shape index (κ1) is 24.8. The minimum absolute atomic E-state index is 0.549. The van der Waals surface area contributed by atoms with Crippen LogP contribution in [0.5, 0.6) is 0 Å². The molecule has 0 aliphatic heterocycles. The Balaban J connectivity index is 4.07. The molecule has 26 heavy (non-hydrogen) atoms. The number of carbonyl (C=O) groups excluding carboxylic acids is 2. The van der Waals surface area contributed by atoms with E-state index in [2.05, 4.69) is 0 Å². The summed E-state index contributed by atoms with van der Waals surface area (Å²) in [5.41, 5.74) is 0. The van der Waals surface area contributed by atoms with Crippen molar-refractivity contribution < 1.29 is 38.0 Å². The van der Waals surface area contributed by atoms with Crippen LogP contribution < -0.4 is 0 Å². The van der Waals surface area contributed by atoms with E-state index in [1.807, 2.05) is 13.8 Å². The zero-order valence-electron chi connectivity index (χ0n) is 16.8. The molecule has 0 rings (SSSR count). The first-order valence-electron chi connectivity index (χ1n) is 9.25. The van der Waals surface area contributed by atoms with Crippen molar-refractivity contribution in [1.29, 1.82) is 0 Å². The molecular formula is C18H34O8. The minimum Gasteiger partial charge on any atom is -0.428 e. The lowest BCUT2D eigenvalue weighted by molar-refractivity contribution is -0.243. The molecule has 0 aromatic heterocycles. The summed E-state index contributed by atoms with van der Waals surface area (Å²) in [5.74, 6) is -2.32. The van der Waals surface area contributed by atoms with Crippen LogP contribution >= 0.6 is 0 Å². The zero-order chi connectivity index (χ0) is 19.9. The number of hydrogen-bond donors (Lipinski definition) is 0. The van der Waals surface area contributed by atoms with Gasteiger partial charge in [-0.2, -0.15) is 0 Å². The van der Waals surface area contributed by atoms with E-state index in [1.54, 1.807) is 13.8 Å². The van der Waals surface area contributed by atoms with Gasteiger partial charge in [0.1, 0.15) is 0 Å². The highest BCUT2D eigenvalue weighted by Crippen LogP contribution is 2.06. The lowest BCUT2D eigenvalue weighted by atomic mass is 10.4. The Morgan fingerprint density at radius 1 is 0.654 bits per heavy atom. The summed E-state index contributed by atoms with van der Waals surface area (Å²) in [6.45, 7) is 11.6. The van der Waals surface area contributed by atoms with Crippen LogP contribution in [0.4, 0.5) is 0 Å². The van der Waals surface area contributed by atoms with Gasteiger partial charge in [0.2, 0.25) is 12.6 Å². The van der Waals surface area contributed by atoms with Gasteiger partial charge in [-0.25, -0.2) is 9.59 Å².